The van der Waals surface area contributed by atoms with Crippen molar-refractivity contribution in [2.45, 2.75) is 51.5 Å². The summed E-state index contributed by atoms with van der Waals surface area (Å²) in [7, 11) is 0. The maximum absolute atomic E-state index is 11.8. The second-order valence-corrected chi connectivity index (χ2v) is 6.97. The van der Waals surface area contributed by atoms with Crippen molar-refractivity contribution in [1.29, 1.82) is 0 Å². The Balaban J connectivity index is 1.74. The summed E-state index contributed by atoms with van der Waals surface area (Å²) in [5, 5.41) is 9.67. The van der Waals surface area contributed by atoms with Crippen LogP contribution < -0.4 is 5.43 Å². The first-order valence-electron chi connectivity index (χ1n) is 9.16. The number of nitrogens with one attached hydrogen (secondary N) is 1. The zero-order valence-corrected chi connectivity index (χ0v) is 17.1. The van der Waals surface area contributed by atoms with Gasteiger partial charge in [0, 0.05) is 13.8 Å². The number of halogens is 1. The average Bonchev–Trinajstić information content (AvgIpc) is 3.39. The minimum absolute atomic E-state index is 0.0178. The van der Waals surface area contributed by atoms with Crippen LogP contribution in [0.2, 0.25) is 5.28 Å². The average molecular weight is 439 g/mol. The molecule has 0 radical (unpaired) electrons. The van der Waals surface area contributed by atoms with Crippen LogP contribution in [0.3, 0.4) is 0 Å². The lowest BCUT2D eigenvalue weighted by atomic mass is 10.1. The van der Waals surface area contributed by atoms with Gasteiger partial charge in [0.05, 0.1) is 19.1 Å². The van der Waals surface area contributed by atoms with Gasteiger partial charge in [-0.25, -0.2) is 15.1 Å². The highest BCUT2D eigenvalue weighted by Crippen LogP contribution is 2.37. The number of ether oxygens (including phenoxy) is 3. The Morgan fingerprint density at radius 2 is 1.97 bits per heavy atom. The Morgan fingerprint density at radius 1 is 1.23 bits per heavy atom. The standard InChI is InChI=1S/C16H19ClN8O5/c1-4-25-22-13(21-23-25)11-10(28-7(2)26)12(29-8(3)27)15(30-11)24-6-19-9-5-18-16(17)20-14(9)24/h5-6,10-13,15,22H,4H2,1-3H3/t10?,11-,12?,13?,15+/m0/s1. The molecule has 4 heterocycles. The summed E-state index contributed by atoms with van der Waals surface area (Å²) in [5.74, 6) is -1.13. The fourth-order valence-electron chi connectivity index (χ4n) is 3.39. The Kier molecular flexibility index (Phi) is 5.49. The predicted octanol–water partition coefficient (Wildman–Crippen LogP) is 0.774. The van der Waals surface area contributed by atoms with Gasteiger partial charge in [0.2, 0.25) is 5.28 Å². The molecule has 30 heavy (non-hydrogen) atoms. The van der Waals surface area contributed by atoms with Crippen LogP contribution in [0.4, 0.5) is 0 Å². The summed E-state index contributed by atoms with van der Waals surface area (Å²) in [6, 6.07) is 0. The molecule has 160 valence electrons. The first kappa shape index (κ1) is 20.4. The molecule has 2 aromatic rings. The first-order valence-corrected chi connectivity index (χ1v) is 9.54. The van der Waals surface area contributed by atoms with Gasteiger partial charge in [-0.1, -0.05) is 5.22 Å². The van der Waals surface area contributed by atoms with E-state index in [1.54, 1.807) is 4.57 Å². The van der Waals surface area contributed by atoms with Crippen molar-refractivity contribution >= 4 is 34.7 Å². The van der Waals surface area contributed by atoms with Crippen molar-refractivity contribution in [2.24, 2.45) is 10.3 Å². The highest BCUT2D eigenvalue weighted by molar-refractivity contribution is 6.28. The fraction of sp³-hybridized carbons (Fsp3) is 0.562. The predicted molar refractivity (Wildman–Crippen MR) is 99.5 cm³/mol. The topological polar surface area (TPSA) is 145 Å². The normalized spacial score (nSPS) is 28.3. The van der Waals surface area contributed by atoms with Crippen molar-refractivity contribution in [2.75, 3.05) is 6.54 Å². The molecule has 4 rings (SSSR count). The molecule has 0 spiro atoms. The van der Waals surface area contributed by atoms with E-state index in [1.807, 2.05) is 6.92 Å². The Labute approximate surface area is 175 Å². The van der Waals surface area contributed by atoms with E-state index in [1.165, 1.54) is 31.5 Å². The number of nitrogens with zero attached hydrogens (tertiary/aromatic N) is 7. The summed E-state index contributed by atoms with van der Waals surface area (Å²) in [6.07, 6.45) is -1.40. The molecule has 1 saturated heterocycles. The molecule has 0 bridgehead atoms. The van der Waals surface area contributed by atoms with E-state index < -0.39 is 42.6 Å². The van der Waals surface area contributed by atoms with Crippen molar-refractivity contribution in [3.8, 4) is 0 Å². The minimum atomic E-state index is -0.991. The van der Waals surface area contributed by atoms with E-state index in [2.05, 4.69) is 30.7 Å². The summed E-state index contributed by atoms with van der Waals surface area (Å²) in [4.78, 5) is 36.0. The highest BCUT2D eigenvalue weighted by Gasteiger charge is 2.54. The fourth-order valence-corrected chi connectivity index (χ4v) is 3.52. The monoisotopic (exact) mass is 438 g/mol. The third kappa shape index (κ3) is 3.78. The first-order chi connectivity index (χ1) is 14.4. The molecule has 2 aliphatic rings. The van der Waals surface area contributed by atoms with Gasteiger partial charge in [-0.2, -0.15) is 10.4 Å². The van der Waals surface area contributed by atoms with Gasteiger partial charge < -0.3 is 14.2 Å². The van der Waals surface area contributed by atoms with Gasteiger partial charge in [0.15, 0.2) is 30.2 Å². The number of hydrogen-bond donors (Lipinski definition) is 1. The van der Waals surface area contributed by atoms with Crippen LogP contribution in [0, 0.1) is 0 Å². The van der Waals surface area contributed by atoms with Crippen molar-refractivity contribution < 1.29 is 23.8 Å². The van der Waals surface area contributed by atoms with E-state index in [-0.39, 0.29) is 5.28 Å². The van der Waals surface area contributed by atoms with Crippen LogP contribution in [0.15, 0.2) is 22.9 Å². The van der Waals surface area contributed by atoms with Crippen LogP contribution in [0.1, 0.15) is 27.0 Å². The molecule has 2 aromatic heterocycles. The second-order valence-electron chi connectivity index (χ2n) is 6.63. The highest BCUT2D eigenvalue weighted by atomic mass is 35.5. The maximum atomic E-state index is 11.8. The quantitative estimate of drug-likeness (QED) is 0.524. The molecule has 0 saturated carbocycles. The number of hydrogen-bond acceptors (Lipinski definition) is 12. The van der Waals surface area contributed by atoms with Gasteiger partial charge in [-0.15, -0.1) is 5.11 Å². The number of rotatable bonds is 5. The van der Waals surface area contributed by atoms with Crippen molar-refractivity contribution in [3.05, 3.63) is 17.8 Å². The molecule has 13 nitrogen and oxygen atoms in total. The molecule has 1 N–H and O–H groups in total. The zero-order chi connectivity index (χ0) is 21.4. The molecule has 14 heteroatoms. The van der Waals surface area contributed by atoms with E-state index in [0.29, 0.717) is 17.7 Å². The number of aromatic nitrogens is 4. The molecule has 2 aliphatic heterocycles. The number of carbonyl (C=O) groups is 2. The van der Waals surface area contributed by atoms with E-state index in [9.17, 15) is 9.59 Å². The molecule has 3 unspecified atom stereocenters. The number of imidazole rings is 1. The Hall–Kier alpha value is -2.90. The minimum Gasteiger partial charge on any atom is -0.455 e. The molecule has 5 atom stereocenters. The molecule has 0 aromatic carbocycles. The van der Waals surface area contributed by atoms with Crippen LogP contribution in [-0.2, 0) is 23.8 Å². The second kappa shape index (κ2) is 8.08. The summed E-state index contributed by atoms with van der Waals surface area (Å²) in [6.45, 7) is 4.96. The largest absolute Gasteiger partial charge is 0.455 e. The lowest BCUT2D eigenvalue weighted by Gasteiger charge is -2.25. The molecular weight excluding hydrogens is 420 g/mol. The third-order valence-electron chi connectivity index (χ3n) is 4.57. The van der Waals surface area contributed by atoms with Crippen LogP contribution in [0.5, 0.6) is 0 Å². The molecular formula is C16H19ClN8O5. The summed E-state index contributed by atoms with van der Waals surface area (Å²) >= 11 is 5.93. The van der Waals surface area contributed by atoms with Gasteiger partial charge in [0.1, 0.15) is 11.6 Å². The maximum Gasteiger partial charge on any atom is 0.303 e. The Bertz CT molecular complexity index is 999. The molecule has 0 amide bonds. The smallest absolute Gasteiger partial charge is 0.303 e. The SMILES string of the molecule is CCN1N=NC([C@H]2O[C@@H](n3cnc4cnc(Cl)nc43)C(OC(C)=O)C2OC(C)=O)N1. The van der Waals surface area contributed by atoms with Gasteiger partial charge in [0.25, 0.3) is 0 Å². The van der Waals surface area contributed by atoms with Gasteiger partial charge >= 0.3 is 11.9 Å². The van der Waals surface area contributed by atoms with Crippen LogP contribution in [0.25, 0.3) is 11.2 Å². The molecule has 1 fully saturated rings. The third-order valence-corrected chi connectivity index (χ3v) is 4.75. The van der Waals surface area contributed by atoms with E-state index in [4.69, 9.17) is 25.8 Å². The van der Waals surface area contributed by atoms with Crippen LogP contribution in [-0.4, -0.2) is 67.6 Å². The number of carbonyl (C=O) groups excluding carboxylic acids is 2. The van der Waals surface area contributed by atoms with Gasteiger partial charge in [-0.3, -0.25) is 14.2 Å². The van der Waals surface area contributed by atoms with Crippen molar-refractivity contribution in [1.82, 2.24) is 30.1 Å². The zero-order valence-electron chi connectivity index (χ0n) is 16.3. The Morgan fingerprint density at radius 3 is 2.63 bits per heavy atom. The number of esters is 2. The van der Waals surface area contributed by atoms with Gasteiger partial charge in [-0.05, 0) is 18.5 Å². The lowest BCUT2D eigenvalue weighted by molar-refractivity contribution is -0.165. The summed E-state index contributed by atoms with van der Waals surface area (Å²) in [5.41, 5.74) is 3.88. The summed E-state index contributed by atoms with van der Waals surface area (Å²) < 4.78 is 18.7. The van der Waals surface area contributed by atoms with E-state index in [0.717, 1.165) is 0 Å². The molecule has 0 aliphatic carbocycles. The number of hydrazine groups is 1. The van der Waals surface area contributed by atoms with Crippen LogP contribution >= 0.6 is 11.6 Å². The van der Waals surface area contributed by atoms with Crippen molar-refractivity contribution in [3.63, 3.8) is 0 Å². The van der Waals surface area contributed by atoms with E-state index >= 15 is 0 Å². The number of fused-ring (bicyclic) bond motifs is 1. The lowest BCUT2D eigenvalue weighted by Crippen LogP contribution is -2.49.